The lowest BCUT2D eigenvalue weighted by Gasteiger charge is -2.38. The lowest BCUT2D eigenvalue weighted by molar-refractivity contribution is 0.321. The Labute approximate surface area is 163 Å². The van der Waals surface area contributed by atoms with Crippen LogP contribution in [-0.2, 0) is 5.41 Å². The summed E-state index contributed by atoms with van der Waals surface area (Å²) in [5.41, 5.74) is 6.02. The van der Waals surface area contributed by atoms with Gasteiger partial charge in [0.1, 0.15) is 11.6 Å². The van der Waals surface area contributed by atoms with E-state index in [1.165, 1.54) is 35.6 Å². The van der Waals surface area contributed by atoms with Crippen molar-refractivity contribution in [3.8, 4) is 0 Å². The van der Waals surface area contributed by atoms with Gasteiger partial charge in [0.05, 0.1) is 0 Å². The molecule has 0 bridgehead atoms. The Kier molecular flexibility index (Phi) is 6.29. The molecule has 1 saturated carbocycles. The van der Waals surface area contributed by atoms with E-state index in [-0.39, 0.29) is 5.41 Å². The summed E-state index contributed by atoms with van der Waals surface area (Å²) >= 11 is 0. The van der Waals surface area contributed by atoms with Gasteiger partial charge in [0.2, 0.25) is 0 Å². The molecule has 1 atom stereocenters. The van der Waals surface area contributed by atoms with Gasteiger partial charge in [0, 0.05) is 11.5 Å². The number of halogens is 2. The summed E-state index contributed by atoms with van der Waals surface area (Å²) in [5, 5.41) is 0. The van der Waals surface area contributed by atoms with Crippen molar-refractivity contribution in [3.05, 3.63) is 82.4 Å². The van der Waals surface area contributed by atoms with Gasteiger partial charge >= 0.3 is 0 Å². The molecule has 27 heavy (non-hydrogen) atoms. The minimum Gasteiger partial charge on any atom is -0.207 e. The molecular formula is C25H32F2. The zero-order chi connectivity index (χ0) is 20.4. The van der Waals surface area contributed by atoms with Crippen molar-refractivity contribution in [3.63, 3.8) is 0 Å². The van der Waals surface area contributed by atoms with Gasteiger partial charge in [0.15, 0.2) is 0 Å². The molecule has 3 rings (SSSR count). The quantitative estimate of drug-likeness (QED) is 0.488. The Bertz CT molecular complexity index is 807. The van der Waals surface area contributed by atoms with Gasteiger partial charge in [-0.15, -0.1) is 6.58 Å². The smallest absolute Gasteiger partial charge is 0.129 e. The Morgan fingerprint density at radius 2 is 1.67 bits per heavy atom. The summed E-state index contributed by atoms with van der Waals surface area (Å²) < 4.78 is 25.0. The summed E-state index contributed by atoms with van der Waals surface area (Å²) in [6.07, 6.45) is 6.02. The second kappa shape index (κ2) is 7.96. The van der Waals surface area contributed by atoms with E-state index >= 15 is 0 Å². The first-order chi connectivity index (χ1) is 12.6. The lowest BCUT2D eigenvalue weighted by atomic mass is 9.65. The predicted molar refractivity (Wildman–Crippen MR) is 111 cm³/mol. The molecule has 1 unspecified atom stereocenters. The Morgan fingerprint density at radius 3 is 2.11 bits per heavy atom. The standard InChI is InChI=1S/C17H24.C8H8F2/c1-6-17(7-2,16(5)10-11-16)15-9-8-13(3)12-14(15)4;1-5-3-7(9)4-8(10)6(5)2/h6,8-9,12H,1,7,10-11H2,2-5H3;3-4H,1-2H3. The second-order valence-corrected chi connectivity index (χ2v) is 8.24. The van der Waals surface area contributed by atoms with Gasteiger partial charge in [-0.2, -0.15) is 0 Å². The molecule has 1 aliphatic carbocycles. The Hall–Kier alpha value is -1.96. The van der Waals surface area contributed by atoms with Crippen molar-refractivity contribution < 1.29 is 8.78 Å². The molecule has 0 aliphatic heterocycles. The fourth-order valence-electron chi connectivity index (χ4n) is 4.17. The number of aryl methyl sites for hydroxylation is 3. The highest BCUT2D eigenvalue weighted by molar-refractivity contribution is 5.43. The fraction of sp³-hybridized carbons (Fsp3) is 0.440. The van der Waals surface area contributed by atoms with Crippen LogP contribution in [0.3, 0.4) is 0 Å². The molecule has 0 N–H and O–H groups in total. The summed E-state index contributed by atoms with van der Waals surface area (Å²) in [6.45, 7) is 16.6. The zero-order valence-electron chi connectivity index (χ0n) is 17.5. The van der Waals surface area contributed by atoms with E-state index in [4.69, 9.17) is 0 Å². The second-order valence-electron chi connectivity index (χ2n) is 8.24. The van der Waals surface area contributed by atoms with Gasteiger partial charge in [0.25, 0.3) is 0 Å². The van der Waals surface area contributed by atoms with Gasteiger partial charge in [-0.05, 0) is 80.7 Å². The van der Waals surface area contributed by atoms with Crippen LogP contribution in [0.5, 0.6) is 0 Å². The zero-order valence-corrected chi connectivity index (χ0v) is 17.5. The highest BCUT2D eigenvalue weighted by Crippen LogP contribution is 2.61. The molecule has 0 aromatic heterocycles. The van der Waals surface area contributed by atoms with Gasteiger partial charge in [-0.25, -0.2) is 8.78 Å². The van der Waals surface area contributed by atoms with E-state index in [1.54, 1.807) is 13.8 Å². The van der Waals surface area contributed by atoms with E-state index in [2.05, 4.69) is 58.5 Å². The largest absolute Gasteiger partial charge is 0.207 e. The van der Waals surface area contributed by atoms with E-state index in [0.717, 1.165) is 12.5 Å². The van der Waals surface area contributed by atoms with Crippen LogP contribution < -0.4 is 0 Å². The molecule has 1 aliphatic rings. The molecule has 0 radical (unpaired) electrons. The van der Waals surface area contributed by atoms with Gasteiger partial charge in [-0.1, -0.05) is 43.7 Å². The van der Waals surface area contributed by atoms with E-state index < -0.39 is 11.6 Å². The van der Waals surface area contributed by atoms with Crippen molar-refractivity contribution in [2.24, 2.45) is 5.41 Å². The minimum absolute atomic E-state index is 0.171. The molecular weight excluding hydrogens is 338 g/mol. The molecule has 0 heterocycles. The number of hydrogen-bond donors (Lipinski definition) is 0. The minimum atomic E-state index is -0.513. The summed E-state index contributed by atoms with van der Waals surface area (Å²) in [7, 11) is 0. The lowest BCUT2D eigenvalue weighted by Crippen LogP contribution is -2.33. The number of benzene rings is 2. The summed E-state index contributed by atoms with van der Waals surface area (Å²) in [4.78, 5) is 0. The maximum atomic E-state index is 12.6. The van der Waals surface area contributed by atoms with Crippen LogP contribution >= 0.6 is 0 Å². The van der Waals surface area contributed by atoms with Gasteiger partial charge < -0.3 is 0 Å². The van der Waals surface area contributed by atoms with Crippen LogP contribution in [-0.4, -0.2) is 0 Å². The molecule has 2 aromatic rings. The number of hydrogen-bond acceptors (Lipinski definition) is 0. The third-order valence-corrected chi connectivity index (χ3v) is 6.41. The van der Waals surface area contributed by atoms with E-state index in [9.17, 15) is 8.78 Å². The molecule has 1 fully saturated rings. The number of rotatable bonds is 4. The molecule has 0 amide bonds. The topological polar surface area (TPSA) is 0 Å². The Morgan fingerprint density at radius 1 is 1.04 bits per heavy atom. The third kappa shape index (κ3) is 4.15. The average molecular weight is 371 g/mol. The fourth-order valence-corrected chi connectivity index (χ4v) is 4.17. The van der Waals surface area contributed by atoms with Gasteiger partial charge in [-0.3, -0.25) is 0 Å². The normalized spacial score (nSPS) is 16.7. The van der Waals surface area contributed by atoms with Crippen molar-refractivity contribution in [1.82, 2.24) is 0 Å². The van der Waals surface area contributed by atoms with E-state index in [1.807, 2.05) is 0 Å². The van der Waals surface area contributed by atoms with Crippen LogP contribution in [0.1, 0.15) is 60.9 Å². The van der Waals surface area contributed by atoms with Crippen LogP contribution in [0.15, 0.2) is 43.0 Å². The molecule has 146 valence electrons. The van der Waals surface area contributed by atoms with E-state index in [0.29, 0.717) is 16.5 Å². The molecule has 2 aromatic carbocycles. The maximum absolute atomic E-state index is 12.6. The molecule has 0 saturated heterocycles. The molecule has 2 heteroatoms. The third-order valence-electron chi connectivity index (χ3n) is 6.41. The van der Waals surface area contributed by atoms with Crippen molar-refractivity contribution in [1.29, 1.82) is 0 Å². The van der Waals surface area contributed by atoms with Crippen molar-refractivity contribution in [2.45, 2.75) is 66.2 Å². The maximum Gasteiger partial charge on any atom is 0.129 e. The van der Waals surface area contributed by atoms with Crippen LogP contribution in [0.2, 0.25) is 0 Å². The van der Waals surface area contributed by atoms with Crippen LogP contribution in [0.4, 0.5) is 8.78 Å². The SMILES string of the molecule is C=CC(CC)(c1ccc(C)cc1C)C1(C)CC1.Cc1cc(F)cc(F)c1C. The predicted octanol–water partition coefficient (Wildman–Crippen LogP) is 7.52. The summed E-state index contributed by atoms with van der Waals surface area (Å²) in [6, 6.07) is 9.07. The highest BCUT2D eigenvalue weighted by atomic mass is 19.1. The van der Waals surface area contributed by atoms with Crippen molar-refractivity contribution in [2.75, 3.05) is 0 Å². The first kappa shape index (κ1) is 21.3. The highest BCUT2D eigenvalue weighted by Gasteiger charge is 2.54. The average Bonchev–Trinajstić information content (AvgIpc) is 3.35. The molecule has 0 spiro atoms. The first-order valence-electron chi connectivity index (χ1n) is 9.74. The van der Waals surface area contributed by atoms with Crippen molar-refractivity contribution >= 4 is 0 Å². The van der Waals surface area contributed by atoms with Crippen LogP contribution in [0, 0.1) is 44.7 Å². The molecule has 0 nitrogen and oxygen atoms in total. The summed E-state index contributed by atoms with van der Waals surface area (Å²) in [5.74, 6) is -0.988. The first-order valence-corrected chi connectivity index (χ1v) is 9.74. The van der Waals surface area contributed by atoms with Crippen LogP contribution in [0.25, 0.3) is 0 Å². The number of allylic oxidation sites excluding steroid dienone is 1. The monoisotopic (exact) mass is 370 g/mol. The Balaban J connectivity index is 0.000000223.